The van der Waals surface area contributed by atoms with Gasteiger partial charge in [0.05, 0.1) is 10.8 Å². The predicted octanol–water partition coefficient (Wildman–Crippen LogP) is 6.53. The summed E-state index contributed by atoms with van der Waals surface area (Å²) in [6.45, 7) is 11.6. The van der Waals surface area contributed by atoms with Gasteiger partial charge in [0.2, 0.25) is 0 Å². The number of hydrogen-bond acceptors (Lipinski definition) is 11. The molecule has 1 unspecified atom stereocenters. The molecule has 3 aromatic rings. The molecule has 1 heterocycles. The highest BCUT2D eigenvalue weighted by atomic mass is 16.6. The topological polar surface area (TPSA) is 139 Å². The van der Waals surface area contributed by atoms with E-state index in [1.807, 2.05) is 63.2 Å². The van der Waals surface area contributed by atoms with Crippen LogP contribution in [0.2, 0.25) is 0 Å². The third kappa shape index (κ3) is 11.2. The second-order valence-electron chi connectivity index (χ2n) is 12.5. The van der Waals surface area contributed by atoms with Crippen LogP contribution < -0.4 is 10.5 Å². The molecule has 0 fully saturated rings. The molecule has 0 amide bonds. The van der Waals surface area contributed by atoms with E-state index >= 15 is 0 Å². The van der Waals surface area contributed by atoms with Crippen molar-refractivity contribution in [3.63, 3.8) is 0 Å². The zero-order valence-corrected chi connectivity index (χ0v) is 29.7. The summed E-state index contributed by atoms with van der Waals surface area (Å²) in [5.74, 6) is -2.61. The van der Waals surface area contributed by atoms with E-state index < -0.39 is 40.3 Å². The maximum atomic E-state index is 13.0. The molecular weight excluding hydrogens is 642 g/mol. The van der Waals surface area contributed by atoms with Gasteiger partial charge in [0.1, 0.15) is 37.6 Å². The van der Waals surface area contributed by atoms with Crippen molar-refractivity contribution < 1.29 is 42.5 Å². The van der Waals surface area contributed by atoms with E-state index in [2.05, 4.69) is 4.90 Å². The molecule has 0 N–H and O–H groups in total. The van der Waals surface area contributed by atoms with Crippen LogP contribution in [0.25, 0.3) is 17.0 Å². The Morgan fingerprint density at radius 2 is 1.42 bits per heavy atom. The van der Waals surface area contributed by atoms with Gasteiger partial charge >= 0.3 is 29.5 Å². The van der Waals surface area contributed by atoms with Gasteiger partial charge in [-0.1, -0.05) is 55.5 Å². The van der Waals surface area contributed by atoms with E-state index in [9.17, 15) is 24.0 Å². The first-order chi connectivity index (χ1) is 23.8. The minimum absolute atomic E-state index is 0.109. The standard InChI is InChI=1S/C39H47NO10/c1-7-39(6,37(45)49-23-21-46-33(41)18-14-13-17-28-15-11-10-12-16-28)27-38(4,5)36(44)48-24-22-47-34(42)31-25-29-19-20-30(40(8-2)9-3)26-32(29)50-35(31)43/h10-20,25-26H,7-9,21-24,27H2,1-6H3/b17-13+,18-14+. The smallest absolute Gasteiger partial charge is 0.351 e. The van der Waals surface area contributed by atoms with Crippen molar-refractivity contribution in [2.75, 3.05) is 44.4 Å². The fourth-order valence-electron chi connectivity index (χ4n) is 5.32. The number of esters is 4. The predicted molar refractivity (Wildman–Crippen MR) is 191 cm³/mol. The maximum Gasteiger partial charge on any atom is 0.351 e. The van der Waals surface area contributed by atoms with Crippen LogP contribution in [-0.4, -0.2) is 63.4 Å². The molecule has 0 bridgehead atoms. The van der Waals surface area contributed by atoms with Gasteiger partial charge in [-0.25, -0.2) is 14.4 Å². The minimum Gasteiger partial charge on any atom is -0.462 e. The van der Waals surface area contributed by atoms with Crippen LogP contribution in [0, 0.1) is 10.8 Å². The molecular formula is C39H47NO10. The van der Waals surface area contributed by atoms with E-state index in [0.717, 1.165) is 24.3 Å². The van der Waals surface area contributed by atoms with Gasteiger partial charge in [0.25, 0.3) is 0 Å². The average molecular weight is 690 g/mol. The number of anilines is 1. The third-order valence-electron chi connectivity index (χ3n) is 8.27. The number of carbonyl (C=O) groups is 4. The molecule has 0 radical (unpaired) electrons. The van der Waals surface area contributed by atoms with Crippen LogP contribution in [0.5, 0.6) is 0 Å². The number of hydrogen-bond donors (Lipinski definition) is 0. The first kappa shape index (κ1) is 39.3. The Labute approximate surface area is 292 Å². The highest BCUT2D eigenvalue weighted by Gasteiger charge is 2.43. The highest BCUT2D eigenvalue weighted by Crippen LogP contribution is 2.38. The lowest BCUT2D eigenvalue weighted by Crippen LogP contribution is -2.39. The van der Waals surface area contributed by atoms with Gasteiger partial charge < -0.3 is 28.3 Å². The van der Waals surface area contributed by atoms with Crippen molar-refractivity contribution in [1.82, 2.24) is 0 Å². The van der Waals surface area contributed by atoms with Crippen molar-refractivity contribution in [2.45, 2.75) is 54.4 Å². The zero-order valence-electron chi connectivity index (χ0n) is 29.7. The third-order valence-corrected chi connectivity index (χ3v) is 8.27. The molecule has 3 rings (SSSR count). The van der Waals surface area contributed by atoms with E-state index in [1.54, 1.807) is 45.1 Å². The molecule has 1 aromatic heterocycles. The molecule has 268 valence electrons. The molecule has 0 aliphatic rings. The van der Waals surface area contributed by atoms with E-state index in [-0.39, 0.29) is 38.4 Å². The molecule has 11 nitrogen and oxygen atoms in total. The highest BCUT2D eigenvalue weighted by molar-refractivity contribution is 5.93. The molecule has 2 aromatic carbocycles. The summed E-state index contributed by atoms with van der Waals surface area (Å²) in [6.07, 6.45) is 6.89. The van der Waals surface area contributed by atoms with Crippen LogP contribution in [-0.2, 0) is 33.3 Å². The normalized spacial score (nSPS) is 12.8. The number of nitrogens with zero attached hydrogens (tertiary/aromatic N) is 1. The summed E-state index contributed by atoms with van der Waals surface area (Å²) < 4.78 is 26.5. The monoisotopic (exact) mass is 689 g/mol. The van der Waals surface area contributed by atoms with E-state index in [1.165, 1.54) is 12.1 Å². The quantitative estimate of drug-likeness (QED) is 0.0360. The number of ether oxygens (including phenoxy) is 4. The summed E-state index contributed by atoms with van der Waals surface area (Å²) >= 11 is 0. The summed E-state index contributed by atoms with van der Waals surface area (Å²) in [6, 6.07) is 16.4. The first-order valence-corrected chi connectivity index (χ1v) is 16.7. The fraction of sp³-hybridized carbons (Fsp3) is 0.410. The van der Waals surface area contributed by atoms with Gasteiger partial charge in [-0.3, -0.25) is 9.59 Å². The number of benzene rings is 2. The second kappa shape index (κ2) is 18.5. The van der Waals surface area contributed by atoms with Crippen molar-refractivity contribution in [3.8, 4) is 0 Å². The Balaban J connectivity index is 1.44. The Morgan fingerprint density at radius 3 is 2.08 bits per heavy atom. The maximum absolute atomic E-state index is 13.0. The lowest BCUT2D eigenvalue weighted by atomic mass is 9.72. The molecule has 0 spiro atoms. The van der Waals surface area contributed by atoms with Gasteiger partial charge in [0.15, 0.2) is 0 Å². The van der Waals surface area contributed by atoms with Gasteiger partial charge in [-0.15, -0.1) is 0 Å². The van der Waals surface area contributed by atoms with Crippen molar-refractivity contribution in [2.24, 2.45) is 10.8 Å². The average Bonchev–Trinajstić information content (AvgIpc) is 3.10. The number of fused-ring (bicyclic) bond motifs is 1. The van der Waals surface area contributed by atoms with Crippen molar-refractivity contribution in [1.29, 1.82) is 0 Å². The van der Waals surface area contributed by atoms with Crippen LogP contribution in [0.3, 0.4) is 0 Å². The summed E-state index contributed by atoms with van der Waals surface area (Å²) in [4.78, 5) is 65.3. The lowest BCUT2D eigenvalue weighted by Gasteiger charge is -2.33. The Hall–Kier alpha value is -5.19. The van der Waals surface area contributed by atoms with Crippen LogP contribution in [0.4, 0.5) is 5.69 Å². The van der Waals surface area contributed by atoms with Crippen LogP contribution in [0.15, 0.2) is 82.0 Å². The van der Waals surface area contributed by atoms with Gasteiger partial charge in [-0.2, -0.15) is 0 Å². The molecule has 0 aliphatic heterocycles. The first-order valence-electron chi connectivity index (χ1n) is 16.7. The number of rotatable bonds is 18. The zero-order chi connectivity index (χ0) is 36.7. The second-order valence-corrected chi connectivity index (χ2v) is 12.5. The van der Waals surface area contributed by atoms with Gasteiger partial charge in [0, 0.05) is 36.3 Å². The minimum atomic E-state index is -1.10. The fourth-order valence-corrected chi connectivity index (χ4v) is 5.32. The van der Waals surface area contributed by atoms with Crippen LogP contribution in [0.1, 0.15) is 70.3 Å². The molecule has 1 atom stereocenters. The van der Waals surface area contributed by atoms with E-state index in [4.69, 9.17) is 23.4 Å². The molecule has 50 heavy (non-hydrogen) atoms. The van der Waals surface area contributed by atoms with Crippen molar-refractivity contribution in [3.05, 3.63) is 94.4 Å². The SMILES string of the molecule is CCN(CC)c1ccc2cc(C(=O)OCCOC(=O)C(C)(C)CC(C)(CC)C(=O)OCCOC(=O)/C=C/C=C/c3ccccc3)c(=O)oc2c1. The Morgan fingerprint density at radius 1 is 0.780 bits per heavy atom. The van der Waals surface area contributed by atoms with Crippen molar-refractivity contribution >= 4 is 46.6 Å². The summed E-state index contributed by atoms with van der Waals surface area (Å²) in [5, 5.41) is 0.569. The van der Waals surface area contributed by atoms with E-state index in [0.29, 0.717) is 17.4 Å². The Bertz CT molecular complexity index is 1740. The Kier molecular flexibility index (Phi) is 14.6. The molecule has 0 aliphatic carbocycles. The number of allylic oxidation sites excluding steroid dienone is 2. The number of carbonyl (C=O) groups excluding carboxylic acids is 4. The van der Waals surface area contributed by atoms with Gasteiger partial charge in [-0.05, 0) is 71.2 Å². The largest absolute Gasteiger partial charge is 0.462 e. The molecule has 0 saturated carbocycles. The van der Waals surface area contributed by atoms with Crippen LogP contribution >= 0.6 is 0 Å². The summed E-state index contributed by atoms with van der Waals surface area (Å²) in [5.41, 5.74) is -0.970. The summed E-state index contributed by atoms with van der Waals surface area (Å²) in [7, 11) is 0. The lowest BCUT2D eigenvalue weighted by molar-refractivity contribution is -0.165. The molecule has 11 heteroatoms. The molecule has 0 saturated heterocycles.